The molecule has 1 aliphatic rings. The van der Waals surface area contributed by atoms with Crippen LogP contribution in [0.2, 0.25) is 0 Å². The predicted octanol–water partition coefficient (Wildman–Crippen LogP) is 4.73. The van der Waals surface area contributed by atoms with Crippen molar-refractivity contribution in [2.45, 2.75) is 71.1 Å². The van der Waals surface area contributed by atoms with Crippen LogP contribution >= 0.6 is 0 Å². The summed E-state index contributed by atoms with van der Waals surface area (Å²) < 4.78 is 24.9. The van der Waals surface area contributed by atoms with Gasteiger partial charge in [-0.25, -0.2) is 9.18 Å². The molecule has 0 bridgehead atoms. The number of benzene rings is 1. The van der Waals surface area contributed by atoms with Crippen molar-refractivity contribution in [2.75, 3.05) is 0 Å². The molecule has 5 heteroatoms. The second kappa shape index (κ2) is 7.20. The summed E-state index contributed by atoms with van der Waals surface area (Å²) >= 11 is 0. The molecular weight excluding hydrogens is 297 g/mol. The predicted molar refractivity (Wildman–Crippen MR) is 87.1 cm³/mol. The van der Waals surface area contributed by atoms with Crippen LogP contribution in [0.3, 0.4) is 0 Å². The third-order valence-corrected chi connectivity index (χ3v) is 3.78. The maximum absolute atomic E-state index is 13.9. The maximum Gasteiger partial charge on any atom is 0.408 e. The fourth-order valence-electron chi connectivity index (χ4n) is 2.63. The lowest BCUT2D eigenvalue weighted by molar-refractivity contribution is 0.0507. The Labute approximate surface area is 137 Å². The highest BCUT2D eigenvalue weighted by Gasteiger charge is 2.21. The summed E-state index contributed by atoms with van der Waals surface area (Å²) in [6, 6.07) is 4.40. The maximum atomic E-state index is 13.9. The van der Waals surface area contributed by atoms with Gasteiger partial charge in [-0.15, -0.1) is 0 Å². The van der Waals surface area contributed by atoms with E-state index in [1.165, 1.54) is 6.07 Å². The van der Waals surface area contributed by atoms with Gasteiger partial charge in [-0.3, -0.25) is 0 Å². The normalized spacial score (nSPS) is 16.9. The first-order chi connectivity index (χ1) is 10.7. The van der Waals surface area contributed by atoms with Crippen LogP contribution in [0.5, 0.6) is 5.75 Å². The Morgan fingerprint density at radius 3 is 2.57 bits per heavy atom. The molecular formula is C18H26FNO3. The van der Waals surface area contributed by atoms with Crippen LogP contribution in [0.25, 0.3) is 0 Å². The molecule has 1 fully saturated rings. The first-order valence-electron chi connectivity index (χ1n) is 8.20. The van der Waals surface area contributed by atoms with Crippen LogP contribution in [0.15, 0.2) is 18.2 Å². The molecule has 0 aliphatic heterocycles. The van der Waals surface area contributed by atoms with Crippen molar-refractivity contribution in [3.05, 3.63) is 29.6 Å². The Bertz CT molecular complexity index is 548. The zero-order chi connectivity index (χ0) is 17.0. The van der Waals surface area contributed by atoms with Crippen molar-refractivity contribution >= 4 is 6.09 Å². The molecule has 2 rings (SSSR count). The average Bonchev–Trinajstić information content (AvgIpc) is 2.91. The molecule has 1 atom stereocenters. The van der Waals surface area contributed by atoms with Gasteiger partial charge < -0.3 is 14.8 Å². The quantitative estimate of drug-likeness (QED) is 0.871. The molecule has 23 heavy (non-hydrogen) atoms. The number of rotatable bonds is 4. The Hall–Kier alpha value is -1.78. The molecule has 1 aromatic carbocycles. The van der Waals surface area contributed by atoms with Gasteiger partial charge in [-0.05, 0) is 71.1 Å². The SMILES string of the molecule is C[C@@H](NC(=O)OC(C)(C)C)c1ccc(F)c(OC2CCCC2)c1. The largest absolute Gasteiger partial charge is 0.487 e. The summed E-state index contributed by atoms with van der Waals surface area (Å²) in [6.45, 7) is 7.25. The van der Waals surface area contributed by atoms with Crippen molar-refractivity contribution in [2.24, 2.45) is 0 Å². The fraction of sp³-hybridized carbons (Fsp3) is 0.611. The van der Waals surface area contributed by atoms with Crippen LogP contribution < -0.4 is 10.1 Å². The zero-order valence-electron chi connectivity index (χ0n) is 14.3. The van der Waals surface area contributed by atoms with E-state index in [0.717, 1.165) is 31.2 Å². The molecule has 1 aliphatic carbocycles. The van der Waals surface area contributed by atoms with Crippen molar-refractivity contribution in [1.29, 1.82) is 0 Å². The number of nitrogens with one attached hydrogen (secondary N) is 1. The Morgan fingerprint density at radius 1 is 1.30 bits per heavy atom. The Kier molecular flexibility index (Phi) is 5.50. The van der Waals surface area contributed by atoms with Crippen LogP contribution in [0.1, 0.15) is 65.0 Å². The highest BCUT2D eigenvalue weighted by atomic mass is 19.1. The molecule has 0 heterocycles. The lowest BCUT2D eigenvalue weighted by Crippen LogP contribution is -2.34. The number of alkyl carbamates (subject to hydrolysis) is 1. The summed E-state index contributed by atoms with van der Waals surface area (Å²) in [5.41, 5.74) is 0.230. The topological polar surface area (TPSA) is 47.6 Å². The average molecular weight is 323 g/mol. The molecule has 0 radical (unpaired) electrons. The summed E-state index contributed by atoms with van der Waals surface area (Å²) in [5.74, 6) is -0.114. The molecule has 0 aromatic heterocycles. The smallest absolute Gasteiger partial charge is 0.408 e. The van der Waals surface area contributed by atoms with E-state index in [1.807, 2.05) is 27.7 Å². The van der Waals surface area contributed by atoms with Crippen molar-refractivity contribution in [3.8, 4) is 5.75 Å². The molecule has 1 saturated carbocycles. The van der Waals surface area contributed by atoms with Crippen LogP contribution in [-0.2, 0) is 4.74 Å². The second-order valence-electron chi connectivity index (χ2n) is 7.08. The van der Waals surface area contributed by atoms with Gasteiger partial charge in [0, 0.05) is 0 Å². The molecule has 0 unspecified atom stereocenters. The van der Waals surface area contributed by atoms with E-state index >= 15 is 0 Å². The number of carbonyl (C=O) groups is 1. The van der Waals surface area contributed by atoms with E-state index in [4.69, 9.17) is 9.47 Å². The molecule has 1 N–H and O–H groups in total. The number of halogens is 1. The van der Waals surface area contributed by atoms with Gasteiger partial charge in [0.2, 0.25) is 0 Å². The summed E-state index contributed by atoms with van der Waals surface area (Å²) in [6.07, 6.45) is 3.79. The summed E-state index contributed by atoms with van der Waals surface area (Å²) in [4.78, 5) is 11.8. The van der Waals surface area contributed by atoms with Gasteiger partial charge in [0.25, 0.3) is 0 Å². The monoisotopic (exact) mass is 323 g/mol. The summed E-state index contributed by atoms with van der Waals surface area (Å²) in [5, 5.41) is 2.75. The van der Waals surface area contributed by atoms with E-state index in [2.05, 4.69) is 5.32 Å². The lowest BCUT2D eigenvalue weighted by atomic mass is 10.1. The van der Waals surface area contributed by atoms with E-state index in [-0.39, 0.29) is 23.7 Å². The number of hydrogen-bond donors (Lipinski definition) is 1. The highest BCUT2D eigenvalue weighted by Crippen LogP contribution is 2.28. The van der Waals surface area contributed by atoms with Crippen LogP contribution in [0, 0.1) is 5.82 Å². The Morgan fingerprint density at radius 2 is 1.96 bits per heavy atom. The van der Waals surface area contributed by atoms with E-state index in [9.17, 15) is 9.18 Å². The number of carbonyl (C=O) groups excluding carboxylic acids is 1. The molecule has 128 valence electrons. The zero-order valence-corrected chi connectivity index (χ0v) is 14.3. The second-order valence-corrected chi connectivity index (χ2v) is 7.08. The molecule has 0 saturated heterocycles. The number of hydrogen-bond acceptors (Lipinski definition) is 3. The minimum absolute atomic E-state index is 0.0915. The first kappa shape index (κ1) is 17.6. The van der Waals surface area contributed by atoms with Crippen LogP contribution in [0.4, 0.5) is 9.18 Å². The van der Waals surface area contributed by atoms with E-state index in [1.54, 1.807) is 12.1 Å². The van der Waals surface area contributed by atoms with Gasteiger partial charge in [0.05, 0.1) is 12.1 Å². The van der Waals surface area contributed by atoms with Crippen molar-refractivity contribution < 1.29 is 18.7 Å². The highest BCUT2D eigenvalue weighted by molar-refractivity contribution is 5.68. The molecule has 4 nitrogen and oxygen atoms in total. The van der Waals surface area contributed by atoms with E-state index < -0.39 is 11.7 Å². The summed E-state index contributed by atoms with van der Waals surface area (Å²) in [7, 11) is 0. The van der Waals surface area contributed by atoms with Crippen molar-refractivity contribution in [1.82, 2.24) is 5.32 Å². The van der Waals surface area contributed by atoms with Gasteiger partial charge in [0.1, 0.15) is 5.60 Å². The first-order valence-corrected chi connectivity index (χ1v) is 8.20. The van der Waals surface area contributed by atoms with Crippen LogP contribution in [-0.4, -0.2) is 17.8 Å². The minimum atomic E-state index is -0.552. The Balaban J connectivity index is 2.02. The minimum Gasteiger partial charge on any atom is -0.487 e. The lowest BCUT2D eigenvalue weighted by Gasteiger charge is -2.22. The number of amides is 1. The fourth-order valence-corrected chi connectivity index (χ4v) is 2.63. The third kappa shape index (κ3) is 5.41. The third-order valence-electron chi connectivity index (χ3n) is 3.78. The van der Waals surface area contributed by atoms with Gasteiger partial charge in [0.15, 0.2) is 11.6 Å². The van der Waals surface area contributed by atoms with Crippen molar-refractivity contribution in [3.63, 3.8) is 0 Å². The van der Waals surface area contributed by atoms with Gasteiger partial charge in [-0.1, -0.05) is 6.07 Å². The van der Waals surface area contributed by atoms with Gasteiger partial charge in [-0.2, -0.15) is 0 Å². The molecule has 1 aromatic rings. The van der Waals surface area contributed by atoms with E-state index in [0.29, 0.717) is 0 Å². The standard InChI is InChI=1S/C18H26FNO3/c1-12(20-17(21)23-18(2,3)4)13-9-10-15(19)16(11-13)22-14-7-5-6-8-14/h9-12,14H,5-8H2,1-4H3,(H,20,21)/t12-/m1/s1. The molecule has 1 amide bonds. The van der Waals surface area contributed by atoms with Gasteiger partial charge >= 0.3 is 6.09 Å². The number of ether oxygens (including phenoxy) is 2. The molecule has 0 spiro atoms.